The predicted molar refractivity (Wildman–Crippen MR) is 70.2 cm³/mol. The maximum Gasteiger partial charge on any atom is 0.147 e. The monoisotopic (exact) mass is 259 g/mol. The van der Waals surface area contributed by atoms with Crippen molar-refractivity contribution in [3.63, 3.8) is 0 Å². The predicted octanol–water partition coefficient (Wildman–Crippen LogP) is 3.95. The molecule has 0 saturated carbocycles. The number of hydrogen-bond acceptors (Lipinski definition) is 2. The number of anilines is 1. The molecule has 17 heavy (non-hydrogen) atoms. The number of nitrogens with one attached hydrogen (secondary N) is 1. The third kappa shape index (κ3) is 5.89. The molecule has 0 bridgehead atoms. The average Bonchev–Trinajstić information content (AvgIpc) is 2.25. The largest absolute Gasteiger partial charge is 0.380 e. The van der Waals surface area contributed by atoms with E-state index in [9.17, 15) is 4.39 Å². The smallest absolute Gasteiger partial charge is 0.147 e. The molecule has 0 atom stereocenters. The van der Waals surface area contributed by atoms with Gasteiger partial charge in [-0.3, -0.25) is 0 Å². The van der Waals surface area contributed by atoms with Crippen molar-refractivity contribution in [3.05, 3.63) is 29.0 Å². The van der Waals surface area contributed by atoms with Crippen LogP contribution in [0, 0.1) is 11.7 Å². The van der Waals surface area contributed by atoms with Crippen molar-refractivity contribution in [3.8, 4) is 0 Å². The molecule has 1 aromatic rings. The minimum atomic E-state index is -0.334. The van der Waals surface area contributed by atoms with Crippen molar-refractivity contribution in [1.82, 2.24) is 0 Å². The summed E-state index contributed by atoms with van der Waals surface area (Å²) in [6, 6.07) is 4.59. The summed E-state index contributed by atoms with van der Waals surface area (Å²) < 4.78 is 18.8. The summed E-state index contributed by atoms with van der Waals surface area (Å²) >= 11 is 5.66. The molecular formula is C13H19ClFNO. The molecule has 0 fully saturated rings. The molecule has 0 saturated heterocycles. The van der Waals surface area contributed by atoms with Crippen molar-refractivity contribution in [2.75, 3.05) is 25.1 Å². The van der Waals surface area contributed by atoms with Crippen LogP contribution in [-0.2, 0) is 4.74 Å². The summed E-state index contributed by atoms with van der Waals surface area (Å²) in [5.41, 5.74) is 0.460. The van der Waals surface area contributed by atoms with E-state index in [2.05, 4.69) is 19.2 Å². The lowest BCUT2D eigenvalue weighted by Gasteiger charge is -2.09. The lowest BCUT2D eigenvalue weighted by molar-refractivity contribution is 0.132. The van der Waals surface area contributed by atoms with Gasteiger partial charge in [0.25, 0.3) is 0 Å². The molecule has 0 aliphatic rings. The van der Waals surface area contributed by atoms with E-state index in [4.69, 9.17) is 16.3 Å². The zero-order valence-electron chi connectivity index (χ0n) is 10.3. The Morgan fingerprint density at radius 3 is 2.76 bits per heavy atom. The van der Waals surface area contributed by atoms with Crippen LogP contribution in [0.1, 0.15) is 20.3 Å². The third-order valence-electron chi connectivity index (χ3n) is 2.33. The standard InChI is InChI=1S/C13H19ClFNO/c1-10(2)5-7-17-8-6-16-13-4-3-11(14)9-12(13)15/h3-4,9-10,16H,5-8H2,1-2H3. The second-order valence-corrected chi connectivity index (χ2v) is 4.78. The highest BCUT2D eigenvalue weighted by atomic mass is 35.5. The minimum absolute atomic E-state index is 0.334. The fourth-order valence-electron chi connectivity index (χ4n) is 1.31. The summed E-state index contributed by atoms with van der Waals surface area (Å²) in [5.74, 6) is 0.316. The Hall–Kier alpha value is -0.800. The van der Waals surface area contributed by atoms with Gasteiger partial charge in [-0.25, -0.2) is 4.39 Å². The fourth-order valence-corrected chi connectivity index (χ4v) is 1.47. The van der Waals surface area contributed by atoms with Crippen LogP contribution in [0.25, 0.3) is 0 Å². The van der Waals surface area contributed by atoms with E-state index >= 15 is 0 Å². The van der Waals surface area contributed by atoms with E-state index in [1.807, 2.05) is 0 Å². The third-order valence-corrected chi connectivity index (χ3v) is 2.57. The maximum absolute atomic E-state index is 13.3. The summed E-state index contributed by atoms with van der Waals surface area (Å²) in [4.78, 5) is 0. The molecule has 4 heteroatoms. The van der Waals surface area contributed by atoms with Crippen LogP contribution in [0.2, 0.25) is 5.02 Å². The van der Waals surface area contributed by atoms with E-state index in [0.717, 1.165) is 13.0 Å². The van der Waals surface area contributed by atoms with Crippen molar-refractivity contribution < 1.29 is 9.13 Å². The Kier molecular flexibility index (Phi) is 6.30. The van der Waals surface area contributed by atoms with Gasteiger partial charge in [0.2, 0.25) is 0 Å². The SMILES string of the molecule is CC(C)CCOCCNc1ccc(Cl)cc1F. The van der Waals surface area contributed by atoms with Crippen molar-refractivity contribution in [2.45, 2.75) is 20.3 Å². The molecule has 0 spiro atoms. The molecular weight excluding hydrogens is 241 g/mol. The molecule has 0 aliphatic heterocycles. The minimum Gasteiger partial charge on any atom is -0.380 e. The van der Waals surface area contributed by atoms with E-state index in [1.165, 1.54) is 6.07 Å². The van der Waals surface area contributed by atoms with E-state index in [0.29, 0.717) is 29.8 Å². The molecule has 0 amide bonds. The first-order valence-corrected chi connectivity index (χ1v) is 6.24. The first-order valence-electron chi connectivity index (χ1n) is 5.86. The van der Waals surface area contributed by atoms with Crippen molar-refractivity contribution in [1.29, 1.82) is 0 Å². The number of rotatable bonds is 7. The molecule has 1 aromatic carbocycles. The summed E-state index contributed by atoms with van der Waals surface area (Å²) in [7, 11) is 0. The van der Waals surface area contributed by atoms with E-state index < -0.39 is 0 Å². The summed E-state index contributed by atoms with van der Waals surface area (Å²) in [6.07, 6.45) is 1.05. The maximum atomic E-state index is 13.3. The Morgan fingerprint density at radius 1 is 1.35 bits per heavy atom. The van der Waals surface area contributed by atoms with Crippen LogP contribution in [0.4, 0.5) is 10.1 Å². The molecule has 0 heterocycles. The van der Waals surface area contributed by atoms with Crippen molar-refractivity contribution >= 4 is 17.3 Å². The number of halogens is 2. The Balaban J connectivity index is 2.18. The van der Waals surface area contributed by atoms with Gasteiger partial charge in [-0.05, 0) is 30.5 Å². The van der Waals surface area contributed by atoms with Crippen LogP contribution in [0.5, 0.6) is 0 Å². The van der Waals surface area contributed by atoms with Crippen molar-refractivity contribution in [2.24, 2.45) is 5.92 Å². The lowest BCUT2D eigenvalue weighted by atomic mass is 10.1. The van der Waals surface area contributed by atoms with Gasteiger partial charge in [0.15, 0.2) is 0 Å². The molecule has 1 rings (SSSR count). The number of ether oxygens (including phenoxy) is 1. The molecule has 0 aromatic heterocycles. The van der Waals surface area contributed by atoms with Crippen LogP contribution in [-0.4, -0.2) is 19.8 Å². The van der Waals surface area contributed by atoms with E-state index in [-0.39, 0.29) is 5.82 Å². The van der Waals surface area contributed by atoms with Gasteiger partial charge >= 0.3 is 0 Å². The van der Waals surface area contributed by atoms with Gasteiger partial charge in [-0.2, -0.15) is 0 Å². The second-order valence-electron chi connectivity index (χ2n) is 4.35. The van der Waals surface area contributed by atoms with Gasteiger partial charge in [0.1, 0.15) is 5.82 Å². The molecule has 1 N–H and O–H groups in total. The van der Waals surface area contributed by atoms with Gasteiger partial charge in [-0.15, -0.1) is 0 Å². The van der Waals surface area contributed by atoms with Crippen LogP contribution < -0.4 is 5.32 Å². The molecule has 0 aliphatic carbocycles. The summed E-state index contributed by atoms with van der Waals surface area (Å²) in [6.45, 7) is 6.24. The number of hydrogen-bond donors (Lipinski definition) is 1. The quantitative estimate of drug-likeness (QED) is 0.749. The Morgan fingerprint density at radius 2 is 2.12 bits per heavy atom. The Labute approximate surface area is 107 Å². The lowest BCUT2D eigenvalue weighted by Crippen LogP contribution is -2.11. The highest BCUT2D eigenvalue weighted by Gasteiger charge is 2.01. The normalized spacial score (nSPS) is 10.9. The highest BCUT2D eigenvalue weighted by Crippen LogP contribution is 2.18. The first kappa shape index (κ1) is 14.3. The average molecular weight is 260 g/mol. The van der Waals surface area contributed by atoms with Crippen LogP contribution in [0.15, 0.2) is 18.2 Å². The van der Waals surface area contributed by atoms with Gasteiger partial charge in [-0.1, -0.05) is 25.4 Å². The summed E-state index contributed by atoms with van der Waals surface area (Å²) in [5, 5.41) is 3.37. The van der Waals surface area contributed by atoms with E-state index in [1.54, 1.807) is 12.1 Å². The topological polar surface area (TPSA) is 21.3 Å². The number of benzene rings is 1. The second kappa shape index (κ2) is 7.51. The highest BCUT2D eigenvalue weighted by molar-refractivity contribution is 6.30. The van der Waals surface area contributed by atoms with Crippen LogP contribution in [0.3, 0.4) is 0 Å². The molecule has 0 radical (unpaired) electrons. The van der Waals surface area contributed by atoms with Gasteiger partial charge in [0, 0.05) is 18.2 Å². The first-order chi connectivity index (χ1) is 8.09. The van der Waals surface area contributed by atoms with Gasteiger partial charge < -0.3 is 10.1 Å². The molecule has 96 valence electrons. The fraction of sp³-hybridized carbons (Fsp3) is 0.538. The zero-order chi connectivity index (χ0) is 12.7. The zero-order valence-corrected chi connectivity index (χ0v) is 11.1. The molecule has 2 nitrogen and oxygen atoms in total. The Bertz CT molecular complexity index is 344. The van der Waals surface area contributed by atoms with Gasteiger partial charge in [0.05, 0.1) is 12.3 Å². The molecule has 0 unspecified atom stereocenters. The van der Waals surface area contributed by atoms with Crippen LogP contribution >= 0.6 is 11.6 Å².